The molecule has 1 aliphatic heterocycles. The maximum Gasteiger partial charge on any atom is 0.145 e. The fraction of sp³-hybridized carbons (Fsp3) is 0.409. The van der Waals surface area contributed by atoms with E-state index in [-0.39, 0.29) is 6.10 Å². The van der Waals surface area contributed by atoms with Crippen molar-refractivity contribution in [2.45, 2.75) is 32.1 Å². The summed E-state index contributed by atoms with van der Waals surface area (Å²) < 4.78 is 5.36. The SMILES string of the molecule is CCOC[C@@H](O)CN(Cc1cccc(Cl)c1)C[C@H]1CC(c2ccc(Cl)cc2)=NO1. The van der Waals surface area contributed by atoms with Gasteiger partial charge in [-0.3, -0.25) is 4.90 Å². The number of oxime groups is 1. The van der Waals surface area contributed by atoms with Crippen molar-refractivity contribution in [2.75, 3.05) is 26.3 Å². The molecule has 0 unspecified atom stereocenters. The number of benzene rings is 2. The molecule has 0 saturated heterocycles. The zero-order chi connectivity index (χ0) is 20.6. The standard InChI is InChI=1S/C22H26Cl2N2O3/c1-2-28-15-20(27)13-26(12-16-4-3-5-19(24)10-16)14-21-11-22(25-29-21)17-6-8-18(23)9-7-17/h3-10,20-21,27H,2,11-15H2,1H3/t20-,21+/m0/s1. The maximum atomic E-state index is 10.3. The number of aliphatic hydroxyl groups is 1. The molecule has 0 radical (unpaired) electrons. The Labute approximate surface area is 181 Å². The lowest BCUT2D eigenvalue weighted by Gasteiger charge is -2.27. The summed E-state index contributed by atoms with van der Waals surface area (Å²) in [6, 6.07) is 15.3. The first kappa shape index (κ1) is 22.1. The summed E-state index contributed by atoms with van der Waals surface area (Å²) in [6.07, 6.45) is 0.0428. The van der Waals surface area contributed by atoms with Crippen molar-refractivity contribution in [1.82, 2.24) is 4.90 Å². The second kappa shape index (κ2) is 11.0. The van der Waals surface area contributed by atoms with Gasteiger partial charge in [0.15, 0.2) is 0 Å². The van der Waals surface area contributed by atoms with Crippen LogP contribution in [0.25, 0.3) is 0 Å². The Balaban J connectivity index is 1.62. The highest BCUT2D eigenvalue weighted by Crippen LogP contribution is 2.21. The predicted octanol–water partition coefficient (Wildman–Crippen LogP) is 4.39. The summed E-state index contributed by atoms with van der Waals surface area (Å²) in [5.74, 6) is 0. The van der Waals surface area contributed by atoms with E-state index in [0.717, 1.165) is 16.8 Å². The monoisotopic (exact) mass is 436 g/mol. The van der Waals surface area contributed by atoms with E-state index in [1.807, 2.05) is 55.5 Å². The largest absolute Gasteiger partial charge is 0.390 e. The summed E-state index contributed by atoms with van der Waals surface area (Å²) in [7, 11) is 0. The second-order valence-electron chi connectivity index (χ2n) is 7.11. The van der Waals surface area contributed by atoms with E-state index in [2.05, 4.69) is 10.1 Å². The lowest BCUT2D eigenvalue weighted by Crippen LogP contribution is -2.39. The van der Waals surface area contributed by atoms with Gasteiger partial charge >= 0.3 is 0 Å². The first-order valence-electron chi connectivity index (χ1n) is 9.74. The molecule has 1 aliphatic rings. The van der Waals surface area contributed by atoms with Crippen LogP contribution in [0, 0.1) is 0 Å². The van der Waals surface area contributed by atoms with Crippen molar-refractivity contribution in [3.8, 4) is 0 Å². The van der Waals surface area contributed by atoms with Crippen LogP contribution in [-0.4, -0.2) is 54.2 Å². The average Bonchev–Trinajstić information content (AvgIpc) is 3.15. The molecule has 5 nitrogen and oxygen atoms in total. The molecule has 0 aliphatic carbocycles. The highest BCUT2D eigenvalue weighted by atomic mass is 35.5. The first-order chi connectivity index (χ1) is 14.0. The smallest absolute Gasteiger partial charge is 0.145 e. The van der Waals surface area contributed by atoms with Gasteiger partial charge < -0.3 is 14.7 Å². The second-order valence-corrected chi connectivity index (χ2v) is 7.99. The van der Waals surface area contributed by atoms with Crippen LogP contribution in [0.15, 0.2) is 53.7 Å². The number of hydrogen-bond donors (Lipinski definition) is 1. The Morgan fingerprint density at radius 2 is 2.00 bits per heavy atom. The van der Waals surface area contributed by atoms with E-state index in [9.17, 15) is 5.11 Å². The van der Waals surface area contributed by atoms with Gasteiger partial charge in [-0.2, -0.15) is 0 Å². The van der Waals surface area contributed by atoms with Crippen LogP contribution >= 0.6 is 23.2 Å². The number of rotatable bonds is 10. The van der Waals surface area contributed by atoms with E-state index in [1.54, 1.807) is 0 Å². The van der Waals surface area contributed by atoms with Crippen LogP contribution in [0.1, 0.15) is 24.5 Å². The van der Waals surface area contributed by atoms with Crippen LogP contribution in [0.2, 0.25) is 10.0 Å². The number of halogens is 2. The molecular weight excluding hydrogens is 411 g/mol. The van der Waals surface area contributed by atoms with E-state index in [0.29, 0.717) is 49.3 Å². The van der Waals surface area contributed by atoms with E-state index in [1.165, 1.54) is 0 Å². The van der Waals surface area contributed by atoms with E-state index >= 15 is 0 Å². The third kappa shape index (κ3) is 6.98. The van der Waals surface area contributed by atoms with Crippen molar-refractivity contribution in [3.63, 3.8) is 0 Å². The highest BCUT2D eigenvalue weighted by molar-refractivity contribution is 6.31. The molecule has 0 saturated carbocycles. The molecule has 2 aromatic carbocycles. The van der Waals surface area contributed by atoms with Gasteiger partial charge in [-0.1, -0.05) is 52.6 Å². The van der Waals surface area contributed by atoms with Gasteiger partial charge in [-0.05, 0) is 42.3 Å². The molecule has 2 aromatic rings. The molecule has 0 aromatic heterocycles. The molecule has 2 atom stereocenters. The van der Waals surface area contributed by atoms with Crippen molar-refractivity contribution in [1.29, 1.82) is 0 Å². The molecule has 29 heavy (non-hydrogen) atoms. The fourth-order valence-electron chi connectivity index (χ4n) is 3.33. The van der Waals surface area contributed by atoms with Crippen LogP contribution in [0.3, 0.4) is 0 Å². The highest BCUT2D eigenvalue weighted by Gasteiger charge is 2.25. The van der Waals surface area contributed by atoms with Crippen molar-refractivity contribution < 1.29 is 14.7 Å². The van der Waals surface area contributed by atoms with Gasteiger partial charge in [-0.15, -0.1) is 0 Å². The molecule has 0 amide bonds. The Morgan fingerprint density at radius 3 is 2.72 bits per heavy atom. The zero-order valence-corrected chi connectivity index (χ0v) is 17.9. The minimum Gasteiger partial charge on any atom is -0.390 e. The van der Waals surface area contributed by atoms with Gasteiger partial charge in [0.1, 0.15) is 6.10 Å². The summed E-state index contributed by atoms with van der Waals surface area (Å²) in [5.41, 5.74) is 3.00. The molecular formula is C22H26Cl2N2O3. The molecule has 1 N–H and O–H groups in total. The van der Waals surface area contributed by atoms with Crippen LogP contribution < -0.4 is 0 Å². The number of aliphatic hydroxyl groups excluding tert-OH is 1. The number of hydrogen-bond acceptors (Lipinski definition) is 5. The number of nitrogens with zero attached hydrogens (tertiary/aromatic N) is 2. The van der Waals surface area contributed by atoms with Gasteiger partial charge in [0.05, 0.1) is 18.4 Å². The maximum absolute atomic E-state index is 10.3. The first-order valence-corrected chi connectivity index (χ1v) is 10.5. The molecule has 3 rings (SSSR count). The third-order valence-corrected chi connectivity index (χ3v) is 5.14. The number of ether oxygens (including phenoxy) is 1. The Bertz CT molecular complexity index is 814. The summed E-state index contributed by atoms with van der Waals surface area (Å²) >= 11 is 12.1. The van der Waals surface area contributed by atoms with Crippen molar-refractivity contribution in [2.24, 2.45) is 5.16 Å². The van der Waals surface area contributed by atoms with Gasteiger partial charge in [0.25, 0.3) is 0 Å². The Morgan fingerprint density at radius 1 is 1.21 bits per heavy atom. The summed E-state index contributed by atoms with van der Waals surface area (Å²) in [5, 5.41) is 16.0. The quantitative estimate of drug-likeness (QED) is 0.599. The summed E-state index contributed by atoms with van der Waals surface area (Å²) in [4.78, 5) is 7.83. The topological polar surface area (TPSA) is 54.3 Å². The van der Waals surface area contributed by atoms with E-state index in [4.69, 9.17) is 32.8 Å². The van der Waals surface area contributed by atoms with Gasteiger partial charge in [-0.25, -0.2) is 0 Å². The fourth-order valence-corrected chi connectivity index (χ4v) is 3.67. The van der Waals surface area contributed by atoms with Gasteiger partial charge in [0, 0.05) is 42.7 Å². The molecule has 0 bridgehead atoms. The molecule has 0 spiro atoms. The predicted molar refractivity (Wildman–Crippen MR) is 117 cm³/mol. The van der Waals surface area contributed by atoms with Crippen LogP contribution in [0.5, 0.6) is 0 Å². The summed E-state index contributed by atoms with van der Waals surface area (Å²) in [6.45, 7) is 4.56. The van der Waals surface area contributed by atoms with Crippen molar-refractivity contribution in [3.05, 3.63) is 69.7 Å². The third-order valence-electron chi connectivity index (χ3n) is 4.65. The lowest BCUT2D eigenvalue weighted by molar-refractivity contribution is 0.000496. The van der Waals surface area contributed by atoms with Crippen LogP contribution in [-0.2, 0) is 16.1 Å². The molecule has 1 heterocycles. The average molecular weight is 437 g/mol. The zero-order valence-electron chi connectivity index (χ0n) is 16.4. The van der Waals surface area contributed by atoms with Crippen molar-refractivity contribution >= 4 is 28.9 Å². The molecule has 156 valence electrons. The Kier molecular flexibility index (Phi) is 8.33. The normalized spacial score (nSPS) is 17.3. The lowest BCUT2D eigenvalue weighted by atomic mass is 10.0. The molecule has 7 heteroatoms. The molecule has 0 fully saturated rings. The van der Waals surface area contributed by atoms with E-state index < -0.39 is 6.10 Å². The minimum atomic E-state index is -0.577. The minimum absolute atomic E-state index is 0.0841. The van der Waals surface area contributed by atoms with Gasteiger partial charge in [0.2, 0.25) is 0 Å². The Hall–Kier alpha value is -1.63. The van der Waals surface area contributed by atoms with Crippen LogP contribution in [0.4, 0.5) is 0 Å².